The summed E-state index contributed by atoms with van der Waals surface area (Å²) in [6, 6.07) is 0. The molecule has 0 aromatic rings. The number of ether oxygens (including phenoxy) is 3. The topological polar surface area (TPSA) is 78.9 Å². The van der Waals surface area contributed by atoms with Gasteiger partial charge < -0.3 is 14.2 Å². The van der Waals surface area contributed by atoms with Gasteiger partial charge in [0.25, 0.3) is 0 Å². The van der Waals surface area contributed by atoms with Crippen LogP contribution in [0.1, 0.15) is 272 Å². The molecule has 0 bridgehead atoms. The second-order valence-corrected chi connectivity index (χ2v) is 17.2. The Bertz CT molecular complexity index is 826. The Morgan fingerprint density at radius 3 is 0.891 bits per heavy atom. The fourth-order valence-corrected chi connectivity index (χ4v) is 7.33. The first kappa shape index (κ1) is 53.4. The smallest absolute Gasteiger partial charge is 0.306 e. The summed E-state index contributed by atoms with van der Waals surface area (Å²) < 4.78 is 16.7. The first-order valence-electron chi connectivity index (χ1n) is 24.4. The zero-order valence-electron chi connectivity index (χ0n) is 37.4. The molecule has 0 saturated carbocycles. The Morgan fingerprint density at radius 1 is 0.345 bits per heavy atom. The van der Waals surface area contributed by atoms with E-state index in [1.165, 1.54) is 167 Å². The molecule has 0 unspecified atom stereocenters. The van der Waals surface area contributed by atoms with Crippen LogP contribution in [0.4, 0.5) is 0 Å². The lowest BCUT2D eigenvalue weighted by atomic mass is 10.0. The van der Waals surface area contributed by atoms with Crippen LogP contribution in [-0.2, 0) is 28.6 Å². The number of carbonyl (C=O) groups is 3. The molecule has 0 spiro atoms. The van der Waals surface area contributed by atoms with Crippen molar-refractivity contribution in [2.75, 3.05) is 13.2 Å². The first-order chi connectivity index (χ1) is 26.9. The molecule has 0 aliphatic carbocycles. The zero-order valence-corrected chi connectivity index (χ0v) is 37.4. The highest BCUT2D eigenvalue weighted by molar-refractivity contribution is 5.71. The van der Waals surface area contributed by atoms with Gasteiger partial charge in [-0.1, -0.05) is 233 Å². The van der Waals surface area contributed by atoms with Gasteiger partial charge in [-0.3, -0.25) is 14.4 Å². The molecule has 0 rings (SSSR count). The summed E-state index contributed by atoms with van der Waals surface area (Å²) in [5.74, 6) is -0.0749. The van der Waals surface area contributed by atoms with Crippen LogP contribution in [0.2, 0.25) is 0 Å². The average molecular weight is 779 g/mol. The van der Waals surface area contributed by atoms with E-state index in [2.05, 4.69) is 27.7 Å². The van der Waals surface area contributed by atoms with Crippen LogP contribution < -0.4 is 0 Å². The lowest BCUT2D eigenvalue weighted by Gasteiger charge is -2.18. The van der Waals surface area contributed by atoms with Crippen molar-refractivity contribution >= 4 is 17.9 Å². The lowest BCUT2D eigenvalue weighted by molar-refractivity contribution is -0.167. The maximum atomic E-state index is 12.7. The maximum Gasteiger partial charge on any atom is 0.306 e. The van der Waals surface area contributed by atoms with Crippen molar-refractivity contribution in [3.8, 4) is 0 Å². The Morgan fingerprint density at radius 2 is 0.600 bits per heavy atom. The van der Waals surface area contributed by atoms with Crippen LogP contribution in [0.5, 0.6) is 0 Å². The standard InChI is InChI=1S/C49H94O6/c1-5-7-9-11-13-15-17-18-19-20-21-23-25-29-33-37-41-48(51)54-44-46(55-49(52)42-38-34-30-26-27-31-35-39-45(3)4)43-53-47(50)40-36-32-28-24-22-16-14-12-10-8-6-2/h45-46H,5-44H2,1-4H3/t46-/m1/s1. The van der Waals surface area contributed by atoms with E-state index in [1.807, 2.05) is 0 Å². The van der Waals surface area contributed by atoms with Crippen LogP contribution in [0.3, 0.4) is 0 Å². The van der Waals surface area contributed by atoms with E-state index < -0.39 is 6.10 Å². The minimum absolute atomic E-state index is 0.0640. The van der Waals surface area contributed by atoms with Gasteiger partial charge in [0, 0.05) is 19.3 Å². The van der Waals surface area contributed by atoms with Crippen molar-refractivity contribution in [2.24, 2.45) is 5.92 Å². The summed E-state index contributed by atoms with van der Waals surface area (Å²) >= 11 is 0. The van der Waals surface area contributed by atoms with Gasteiger partial charge in [0.15, 0.2) is 6.10 Å². The second kappa shape index (κ2) is 43.5. The summed E-state index contributed by atoms with van der Waals surface area (Å²) in [5, 5.41) is 0. The van der Waals surface area contributed by atoms with Gasteiger partial charge >= 0.3 is 17.9 Å². The number of carbonyl (C=O) groups excluding carboxylic acids is 3. The third-order valence-electron chi connectivity index (χ3n) is 11.0. The minimum atomic E-state index is -0.760. The van der Waals surface area contributed by atoms with Gasteiger partial charge in [-0.25, -0.2) is 0 Å². The summed E-state index contributed by atoms with van der Waals surface area (Å²) in [5.41, 5.74) is 0. The van der Waals surface area contributed by atoms with Crippen LogP contribution in [0.25, 0.3) is 0 Å². The molecule has 6 nitrogen and oxygen atoms in total. The predicted octanol–water partition coefficient (Wildman–Crippen LogP) is 15.5. The average Bonchev–Trinajstić information content (AvgIpc) is 3.17. The summed E-state index contributed by atoms with van der Waals surface area (Å²) in [4.78, 5) is 37.8. The quantitative estimate of drug-likeness (QED) is 0.0348. The molecule has 0 amide bonds. The molecule has 0 aliphatic heterocycles. The normalized spacial score (nSPS) is 11.9. The molecule has 0 aromatic heterocycles. The maximum absolute atomic E-state index is 12.7. The van der Waals surface area contributed by atoms with Crippen molar-refractivity contribution in [2.45, 2.75) is 278 Å². The molecule has 326 valence electrons. The van der Waals surface area contributed by atoms with E-state index in [4.69, 9.17) is 14.2 Å². The van der Waals surface area contributed by atoms with E-state index in [1.54, 1.807) is 0 Å². The highest BCUT2D eigenvalue weighted by atomic mass is 16.6. The van der Waals surface area contributed by atoms with Crippen LogP contribution >= 0.6 is 0 Å². The molecule has 0 N–H and O–H groups in total. The first-order valence-corrected chi connectivity index (χ1v) is 24.4. The molecular weight excluding hydrogens is 685 g/mol. The number of esters is 3. The van der Waals surface area contributed by atoms with Crippen molar-refractivity contribution in [1.82, 2.24) is 0 Å². The molecule has 0 heterocycles. The lowest BCUT2D eigenvalue weighted by Crippen LogP contribution is -2.30. The molecule has 55 heavy (non-hydrogen) atoms. The number of hydrogen-bond donors (Lipinski definition) is 0. The Kier molecular flexibility index (Phi) is 42.3. The molecule has 1 atom stereocenters. The zero-order chi connectivity index (χ0) is 40.3. The van der Waals surface area contributed by atoms with Crippen molar-refractivity contribution in [3.05, 3.63) is 0 Å². The Balaban J connectivity index is 4.27. The molecular formula is C49H94O6. The van der Waals surface area contributed by atoms with E-state index in [9.17, 15) is 14.4 Å². The SMILES string of the molecule is CCCCCCCCCCCCCCCCCCC(=O)OC[C@@H](COC(=O)CCCCCCCCCCCCC)OC(=O)CCCCCCCCCC(C)C. The number of unbranched alkanes of at least 4 members (excludes halogenated alkanes) is 31. The van der Waals surface area contributed by atoms with Gasteiger partial charge in [-0.05, 0) is 25.2 Å². The van der Waals surface area contributed by atoms with Gasteiger partial charge in [0.1, 0.15) is 13.2 Å². The molecule has 6 heteroatoms. The van der Waals surface area contributed by atoms with E-state index in [0.29, 0.717) is 19.3 Å². The van der Waals surface area contributed by atoms with Crippen molar-refractivity contribution < 1.29 is 28.6 Å². The van der Waals surface area contributed by atoms with E-state index in [-0.39, 0.29) is 31.1 Å². The monoisotopic (exact) mass is 779 g/mol. The van der Waals surface area contributed by atoms with Gasteiger partial charge in [0.05, 0.1) is 0 Å². The highest BCUT2D eigenvalue weighted by Crippen LogP contribution is 2.16. The largest absolute Gasteiger partial charge is 0.462 e. The van der Waals surface area contributed by atoms with Crippen molar-refractivity contribution in [3.63, 3.8) is 0 Å². The highest BCUT2D eigenvalue weighted by Gasteiger charge is 2.19. The molecule has 0 saturated heterocycles. The van der Waals surface area contributed by atoms with Gasteiger partial charge in [0.2, 0.25) is 0 Å². The van der Waals surface area contributed by atoms with Gasteiger partial charge in [-0.2, -0.15) is 0 Å². The Hall–Kier alpha value is -1.59. The fraction of sp³-hybridized carbons (Fsp3) is 0.939. The Labute approximate surface area is 342 Å². The number of rotatable bonds is 44. The molecule has 0 fully saturated rings. The molecule has 0 radical (unpaired) electrons. The fourth-order valence-electron chi connectivity index (χ4n) is 7.33. The number of hydrogen-bond acceptors (Lipinski definition) is 6. The minimum Gasteiger partial charge on any atom is -0.462 e. The second-order valence-electron chi connectivity index (χ2n) is 17.2. The van der Waals surface area contributed by atoms with E-state index >= 15 is 0 Å². The molecule has 0 aromatic carbocycles. The summed E-state index contributed by atoms with van der Waals surface area (Å²) in [6.45, 7) is 8.96. The predicted molar refractivity (Wildman–Crippen MR) is 233 cm³/mol. The summed E-state index contributed by atoms with van der Waals surface area (Å²) in [7, 11) is 0. The van der Waals surface area contributed by atoms with Crippen LogP contribution in [0, 0.1) is 5.92 Å². The van der Waals surface area contributed by atoms with E-state index in [0.717, 1.165) is 63.7 Å². The molecule has 0 aliphatic rings. The van der Waals surface area contributed by atoms with Crippen molar-refractivity contribution in [1.29, 1.82) is 0 Å². The van der Waals surface area contributed by atoms with Gasteiger partial charge in [-0.15, -0.1) is 0 Å². The van der Waals surface area contributed by atoms with Crippen LogP contribution in [-0.4, -0.2) is 37.2 Å². The third kappa shape index (κ3) is 43.4. The summed E-state index contributed by atoms with van der Waals surface area (Å²) in [6.07, 6.45) is 43.8. The van der Waals surface area contributed by atoms with Crippen LogP contribution in [0.15, 0.2) is 0 Å². The third-order valence-corrected chi connectivity index (χ3v) is 11.0.